The molecule has 0 aliphatic rings. The van der Waals surface area contributed by atoms with E-state index < -0.39 is 0 Å². The zero-order valence-electron chi connectivity index (χ0n) is 10.4. The molecule has 0 radical (unpaired) electrons. The lowest BCUT2D eigenvalue weighted by molar-refractivity contribution is 1.09. The first-order valence-corrected chi connectivity index (χ1v) is 6.63. The molecule has 0 unspecified atom stereocenters. The molecule has 0 bridgehead atoms. The summed E-state index contributed by atoms with van der Waals surface area (Å²) in [6, 6.07) is 8.05. The smallest absolute Gasteiger partial charge is 0.161 e. The predicted molar refractivity (Wildman–Crippen MR) is 79.2 cm³/mol. The predicted octanol–water partition coefficient (Wildman–Crippen LogP) is 3.93. The van der Waals surface area contributed by atoms with Crippen molar-refractivity contribution < 1.29 is 0 Å². The maximum absolute atomic E-state index is 6.04. The van der Waals surface area contributed by atoms with Gasteiger partial charge < -0.3 is 4.90 Å². The van der Waals surface area contributed by atoms with Crippen molar-refractivity contribution in [2.45, 2.75) is 6.92 Å². The summed E-state index contributed by atoms with van der Waals surface area (Å²) in [5.41, 5.74) is 2.93. The highest BCUT2D eigenvalue weighted by Crippen LogP contribution is 2.27. The summed E-state index contributed by atoms with van der Waals surface area (Å²) in [6.45, 7) is 1.90. The van der Waals surface area contributed by atoms with Gasteiger partial charge in [0.1, 0.15) is 5.15 Å². The van der Waals surface area contributed by atoms with Gasteiger partial charge >= 0.3 is 0 Å². The van der Waals surface area contributed by atoms with E-state index in [-0.39, 0.29) is 0 Å². The number of benzene rings is 1. The molecule has 1 heterocycles. The van der Waals surface area contributed by atoms with Crippen LogP contribution >= 0.6 is 27.5 Å². The Balaban J connectivity index is 2.43. The molecule has 5 heteroatoms. The zero-order chi connectivity index (χ0) is 13.3. The SMILES string of the molecule is Cc1nc(-c2ccc(N(C)C)cc2)nc(Cl)c1Br. The Morgan fingerprint density at radius 3 is 2.22 bits per heavy atom. The molecule has 2 rings (SSSR count). The molecule has 94 valence electrons. The minimum absolute atomic E-state index is 0.439. The number of halogens is 2. The summed E-state index contributed by atoms with van der Waals surface area (Å²) in [5, 5.41) is 0.439. The molecule has 0 aliphatic carbocycles. The van der Waals surface area contributed by atoms with Crippen molar-refractivity contribution in [2.75, 3.05) is 19.0 Å². The van der Waals surface area contributed by atoms with Crippen LogP contribution in [-0.2, 0) is 0 Å². The molecule has 0 spiro atoms. The van der Waals surface area contributed by atoms with Crippen molar-refractivity contribution in [3.05, 3.63) is 39.6 Å². The molecule has 1 aromatic carbocycles. The standard InChI is InChI=1S/C13H13BrClN3/c1-8-11(14)12(15)17-13(16-8)9-4-6-10(7-5-9)18(2)3/h4-7H,1-3H3. The Labute approximate surface area is 120 Å². The van der Waals surface area contributed by atoms with E-state index in [1.807, 2.05) is 50.2 Å². The minimum atomic E-state index is 0.439. The van der Waals surface area contributed by atoms with Crippen molar-refractivity contribution >= 4 is 33.2 Å². The van der Waals surface area contributed by atoms with Crippen molar-refractivity contribution in [1.29, 1.82) is 0 Å². The minimum Gasteiger partial charge on any atom is -0.378 e. The summed E-state index contributed by atoms with van der Waals surface area (Å²) in [7, 11) is 4.01. The van der Waals surface area contributed by atoms with Crippen LogP contribution in [0.1, 0.15) is 5.69 Å². The fourth-order valence-corrected chi connectivity index (χ4v) is 1.96. The molecule has 2 aromatic rings. The van der Waals surface area contributed by atoms with Crippen LogP contribution in [-0.4, -0.2) is 24.1 Å². The van der Waals surface area contributed by atoms with E-state index in [4.69, 9.17) is 11.6 Å². The van der Waals surface area contributed by atoms with Gasteiger partial charge in [-0.2, -0.15) is 0 Å². The van der Waals surface area contributed by atoms with Crippen LogP contribution in [0.15, 0.2) is 28.7 Å². The summed E-state index contributed by atoms with van der Waals surface area (Å²) in [6.07, 6.45) is 0. The monoisotopic (exact) mass is 325 g/mol. The quantitative estimate of drug-likeness (QED) is 0.783. The van der Waals surface area contributed by atoms with Crippen LogP contribution in [0.2, 0.25) is 5.15 Å². The fraction of sp³-hybridized carbons (Fsp3) is 0.231. The lowest BCUT2D eigenvalue weighted by atomic mass is 10.2. The molecule has 0 saturated carbocycles. The molecule has 0 N–H and O–H groups in total. The second-order valence-electron chi connectivity index (χ2n) is 4.18. The van der Waals surface area contributed by atoms with Gasteiger partial charge in [0.15, 0.2) is 5.82 Å². The van der Waals surface area contributed by atoms with Crippen LogP contribution in [0.25, 0.3) is 11.4 Å². The van der Waals surface area contributed by atoms with Gasteiger partial charge in [0, 0.05) is 25.3 Å². The van der Waals surface area contributed by atoms with Gasteiger partial charge in [-0.25, -0.2) is 9.97 Å². The van der Waals surface area contributed by atoms with Crippen LogP contribution in [0.3, 0.4) is 0 Å². The number of hydrogen-bond acceptors (Lipinski definition) is 3. The molecular formula is C13H13BrClN3. The van der Waals surface area contributed by atoms with Gasteiger partial charge in [-0.3, -0.25) is 0 Å². The van der Waals surface area contributed by atoms with Crippen molar-refractivity contribution in [2.24, 2.45) is 0 Å². The van der Waals surface area contributed by atoms with E-state index >= 15 is 0 Å². The van der Waals surface area contributed by atoms with Crippen LogP contribution in [0.4, 0.5) is 5.69 Å². The number of rotatable bonds is 2. The number of aromatic nitrogens is 2. The van der Waals surface area contributed by atoms with Crippen molar-refractivity contribution in [3.63, 3.8) is 0 Å². The van der Waals surface area contributed by atoms with Crippen LogP contribution in [0.5, 0.6) is 0 Å². The summed E-state index contributed by atoms with van der Waals surface area (Å²) >= 11 is 9.40. The Morgan fingerprint density at radius 1 is 1.11 bits per heavy atom. The highest BCUT2D eigenvalue weighted by atomic mass is 79.9. The molecule has 0 saturated heterocycles. The van der Waals surface area contributed by atoms with Crippen LogP contribution < -0.4 is 4.90 Å². The zero-order valence-corrected chi connectivity index (χ0v) is 12.7. The first-order chi connectivity index (χ1) is 8.49. The third-order valence-electron chi connectivity index (χ3n) is 2.62. The fourth-order valence-electron chi connectivity index (χ4n) is 1.56. The lowest BCUT2D eigenvalue weighted by Gasteiger charge is -2.12. The maximum Gasteiger partial charge on any atom is 0.161 e. The molecule has 1 aromatic heterocycles. The molecule has 3 nitrogen and oxygen atoms in total. The van der Waals surface area contributed by atoms with Gasteiger partial charge in [0.05, 0.1) is 10.2 Å². The lowest BCUT2D eigenvalue weighted by Crippen LogP contribution is -2.08. The van der Waals surface area contributed by atoms with E-state index in [0.29, 0.717) is 11.0 Å². The van der Waals surface area contributed by atoms with Gasteiger partial charge in [0.2, 0.25) is 0 Å². The molecule has 0 amide bonds. The van der Waals surface area contributed by atoms with Crippen molar-refractivity contribution in [3.8, 4) is 11.4 Å². The number of aryl methyl sites for hydroxylation is 1. The summed E-state index contributed by atoms with van der Waals surface area (Å²) in [4.78, 5) is 10.7. The Hall–Kier alpha value is -1.13. The number of nitrogens with zero attached hydrogens (tertiary/aromatic N) is 3. The largest absolute Gasteiger partial charge is 0.378 e. The van der Waals surface area contributed by atoms with Gasteiger partial charge in [-0.1, -0.05) is 11.6 Å². The van der Waals surface area contributed by atoms with E-state index in [1.165, 1.54) is 0 Å². The average molecular weight is 327 g/mol. The van der Waals surface area contributed by atoms with Crippen LogP contribution in [0, 0.1) is 6.92 Å². The summed E-state index contributed by atoms with van der Waals surface area (Å²) < 4.78 is 0.748. The third-order valence-corrected chi connectivity index (χ3v) is 4.07. The normalized spacial score (nSPS) is 10.5. The second-order valence-corrected chi connectivity index (χ2v) is 5.33. The number of anilines is 1. The van der Waals surface area contributed by atoms with E-state index in [2.05, 4.69) is 25.9 Å². The van der Waals surface area contributed by atoms with Crippen molar-refractivity contribution in [1.82, 2.24) is 9.97 Å². The van der Waals surface area contributed by atoms with Gasteiger partial charge in [-0.05, 0) is 47.1 Å². The molecular weight excluding hydrogens is 314 g/mol. The Morgan fingerprint density at radius 2 is 1.72 bits per heavy atom. The maximum atomic E-state index is 6.04. The second kappa shape index (κ2) is 5.24. The highest BCUT2D eigenvalue weighted by Gasteiger charge is 2.09. The van der Waals surface area contributed by atoms with E-state index in [9.17, 15) is 0 Å². The Bertz CT molecular complexity index is 544. The van der Waals surface area contributed by atoms with E-state index in [1.54, 1.807) is 0 Å². The highest BCUT2D eigenvalue weighted by molar-refractivity contribution is 9.10. The van der Waals surface area contributed by atoms with Gasteiger partial charge in [-0.15, -0.1) is 0 Å². The first-order valence-electron chi connectivity index (χ1n) is 5.46. The number of hydrogen-bond donors (Lipinski definition) is 0. The molecule has 0 aliphatic heterocycles. The molecule has 0 atom stereocenters. The average Bonchev–Trinajstić information content (AvgIpc) is 2.35. The topological polar surface area (TPSA) is 29.0 Å². The van der Waals surface area contributed by atoms with E-state index in [0.717, 1.165) is 21.4 Å². The first kappa shape index (κ1) is 13.3. The van der Waals surface area contributed by atoms with Gasteiger partial charge in [0.25, 0.3) is 0 Å². The third kappa shape index (κ3) is 2.65. The Kier molecular flexibility index (Phi) is 3.88. The summed E-state index contributed by atoms with van der Waals surface area (Å²) in [5.74, 6) is 0.644. The molecule has 0 fully saturated rings. The molecule has 18 heavy (non-hydrogen) atoms.